The van der Waals surface area contributed by atoms with Crippen molar-refractivity contribution in [3.8, 4) is 17.1 Å². The number of benzene rings is 1. The molecule has 3 N–H and O–H groups in total. The number of aromatic amines is 1. The summed E-state index contributed by atoms with van der Waals surface area (Å²) in [5.41, 5.74) is 5.28. The summed E-state index contributed by atoms with van der Waals surface area (Å²) in [7, 11) is 3.75. The third-order valence-corrected chi connectivity index (χ3v) is 7.23. The molecule has 4 aromatic heterocycles. The van der Waals surface area contributed by atoms with Gasteiger partial charge in [0.25, 0.3) is 0 Å². The smallest absolute Gasteiger partial charge is 0.238 e. The van der Waals surface area contributed by atoms with E-state index in [1.807, 2.05) is 64.5 Å². The third-order valence-electron chi connectivity index (χ3n) is 7.23. The van der Waals surface area contributed by atoms with Gasteiger partial charge in [-0.25, -0.2) is 14.6 Å². The molecule has 1 aromatic carbocycles. The molecular weight excluding hydrogens is 508 g/mol. The number of rotatable bonds is 8. The van der Waals surface area contributed by atoms with Crippen LogP contribution in [-0.4, -0.2) is 71.1 Å². The topological polar surface area (TPSA) is 131 Å². The van der Waals surface area contributed by atoms with Crippen molar-refractivity contribution in [2.24, 2.45) is 14.1 Å². The van der Waals surface area contributed by atoms with Gasteiger partial charge in [-0.2, -0.15) is 10.2 Å². The van der Waals surface area contributed by atoms with Crippen LogP contribution in [0.15, 0.2) is 48.9 Å². The minimum absolute atomic E-state index is 0.0368. The van der Waals surface area contributed by atoms with Gasteiger partial charge in [0, 0.05) is 68.4 Å². The molecule has 5 aromatic rings. The number of fused-ring (bicyclic) bond motifs is 1. The lowest BCUT2D eigenvalue weighted by Gasteiger charge is -2.16. The van der Waals surface area contributed by atoms with E-state index in [1.165, 1.54) is 0 Å². The lowest BCUT2D eigenvalue weighted by Crippen LogP contribution is -2.33. The number of aromatic nitrogens is 7. The summed E-state index contributed by atoms with van der Waals surface area (Å²) in [6.07, 6.45) is 6.34. The van der Waals surface area contributed by atoms with Crippen LogP contribution in [0.5, 0.6) is 5.88 Å². The zero-order valence-electron chi connectivity index (χ0n) is 23.0. The van der Waals surface area contributed by atoms with E-state index < -0.39 is 0 Å². The van der Waals surface area contributed by atoms with Crippen molar-refractivity contribution in [1.82, 2.24) is 39.4 Å². The minimum Gasteiger partial charge on any atom is -0.473 e. The zero-order chi connectivity index (χ0) is 27.8. The first kappa shape index (κ1) is 25.6. The van der Waals surface area contributed by atoms with Crippen LogP contribution < -0.4 is 15.4 Å². The average molecular weight is 541 g/mol. The van der Waals surface area contributed by atoms with Crippen LogP contribution in [0.25, 0.3) is 22.2 Å². The average Bonchev–Trinajstić information content (AvgIpc) is 3.71. The quantitative estimate of drug-likeness (QED) is 0.272. The lowest BCUT2D eigenvalue weighted by molar-refractivity contribution is -0.117. The van der Waals surface area contributed by atoms with Crippen molar-refractivity contribution in [2.75, 3.05) is 30.3 Å². The Morgan fingerprint density at radius 1 is 1.20 bits per heavy atom. The molecule has 1 fully saturated rings. The number of hydrogen-bond donors (Lipinski definition) is 3. The molecule has 0 saturated carbocycles. The number of H-pyrrole nitrogens is 1. The molecule has 5 heterocycles. The number of carbonyl (C=O) groups excluding carboxylic acids is 1. The summed E-state index contributed by atoms with van der Waals surface area (Å²) < 4.78 is 9.55. The van der Waals surface area contributed by atoms with Crippen LogP contribution in [-0.2, 0) is 18.9 Å². The van der Waals surface area contributed by atoms with E-state index in [-0.39, 0.29) is 12.0 Å². The van der Waals surface area contributed by atoms with Crippen molar-refractivity contribution in [3.63, 3.8) is 0 Å². The van der Waals surface area contributed by atoms with Gasteiger partial charge in [0.1, 0.15) is 6.10 Å². The van der Waals surface area contributed by atoms with Gasteiger partial charge >= 0.3 is 0 Å². The van der Waals surface area contributed by atoms with Crippen molar-refractivity contribution in [3.05, 3.63) is 60.2 Å². The zero-order valence-corrected chi connectivity index (χ0v) is 23.0. The summed E-state index contributed by atoms with van der Waals surface area (Å²) in [5, 5.41) is 15.8. The molecule has 1 aliphatic heterocycles. The van der Waals surface area contributed by atoms with E-state index in [1.54, 1.807) is 21.8 Å². The summed E-state index contributed by atoms with van der Waals surface area (Å²) in [5.74, 6) is 1.82. The summed E-state index contributed by atoms with van der Waals surface area (Å²) in [4.78, 5) is 27.7. The Morgan fingerprint density at radius 2 is 2.08 bits per heavy atom. The van der Waals surface area contributed by atoms with Crippen LogP contribution in [0.1, 0.15) is 17.7 Å². The number of nitrogens with one attached hydrogen (secondary N) is 3. The normalized spacial score (nSPS) is 15.6. The third kappa shape index (κ3) is 5.13. The Hall–Kier alpha value is -4.71. The van der Waals surface area contributed by atoms with Gasteiger partial charge < -0.3 is 20.4 Å². The van der Waals surface area contributed by atoms with E-state index >= 15 is 0 Å². The van der Waals surface area contributed by atoms with Gasteiger partial charge in [0.2, 0.25) is 17.7 Å². The van der Waals surface area contributed by atoms with Crippen LogP contribution >= 0.6 is 0 Å². The Balaban J connectivity index is 1.15. The van der Waals surface area contributed by atoms with E-state index in [4.69, 9.17) is 9.72 Å². The molecule has 40 heavy (non-hydrogen) atoms. The SMILES string of the molecule is Cc1cnc(Nc2cc(C)n(C)n2)nc1-c1c[nH]c2c(NC(=O)CN3CC[C@H](Oc4ccnn4C)C3)cccc12. The number of amides is 1. The van der Waals surface area contributed by atoms with Crippen molar-refractivity contribution in [1.29, 1.82) is 0 Å². The largest absolute Gasteiger partial charge is 0.473 e. The number of para-hydroxylation sites is 1. The molecule has 1 aliphatic rings. The number of nitrogens with zero attached hydrogens (tertiary/aromatic N) is 7. The van der Waals surface area contributed by atoms with Crippen LogP contribution in [0.4, 0.5) is 17.5 Å². The number of likely N-dealkylation sites (tertiary alicyclic amines) is 1. The van der Waals surface area contributed by atoms with Gasteiger partial charge in [-0.1, -0.05) is 12.1 Å². The highest BCUT2D eigenvalue weighted by molar-refractivity contribution is 6.06. The number of ether oxygens (including phenoxy) is 1. The highest BCUT2D eigenvalue weighted by atomic mass is 16.5. The second-order valence-electron chi connectivity index (χ2n) is 10.2. The Morgan fingerprint density at radius 3 is 2.85 bits per heavy atom. The highest BCUT2D eigenvalue weighted by Gasteiger charge is 2.26. The van der Waals surface area contributed by atoms with Crippen molar-refractivity contribution >= 4 is 34.3 Å². The maximum absolute atomic E-state index is 13.0. The molecule has 0 unspecified atom stereocenters. The molecule has 1 amide bonds. The van der Waals surface area contributed by atoms with E-state index in [9.17, 15) is 4.79 Å². The Kier molecular flexibility index (Phi) is 6.68. The molecule has 0 spiro atoms. The molecule has 12 heteroatoms. The number of aryl methyl sites for hydroxylation is 4. The minimum atomic E-state index is -0.0693. The summed E-state index contributed by atoms with van der Waals surface area (Å²) in [6, 6.07) is 9.66. The first-order valence-electron chi connectivity index (χ1n) is 13.2. The van der Waals surface area contributed by atoms with Crippen LogP contribution in [0, 0.1) is 13.8 Å². The maximum Gasteiger partial charge on any atom is 0.238 e. The van der Waals surface area contributed by atoms with Gasteiger partial charge in [0.05, 0.1) is 29.6 Å². The fraction of sp³-hybridized carbons (Fsp3) is 0.321. The first-order valence-corrected chi connectivity index (χ1v) is 13.2. The standard InChI is InChI=1S/C28H32N10O2/c1-17-13-30-28(33-23-12-18(2)36(3)35-23)34-26(17)21-14-29-27-20(21)6-5-7-22(27)32-24(39)16-38-11-9-19(15-38)40-25-8-10-31-37(25)4/h5-8,10,12-14,19,29H,9,11,15-16H2,1-4H3,(H,32,39)(H,30,33,34,35)/t19-/m0/s1. The monoisotopic (exact) mass is 540 g/mol. The van der Waals surface area contributed by atoms with E-state index in [2.05, 4.69) is 35.7 Å². The molecule has 6 rings (SSSR count). The lowest BCUT2D eigenvalue weighted by atomic mass is 10.1. The molecule has 1 atom stereocenters. The molecule has 0 bridgehead atoms. The van der Waals surface area contributed by atoms with Gasteiger partial charge in [-0.15, -0.1) is 0 Å². The second-order valence-corrected chi connectivity index (χ2v) is 10.2. The molecule has 0 radical (unpaired) electrons. The number of carbonyl (C=O) groups is 1. The highest BCUT2D eigenvalue weighted by Crippen LogP contribution is 2.33. The van der Waals surface area contributed by atoms with E-state index in [0.29, 0.717) is 24.9 Å². The van der Waals surface area contributed by atoms with Gasteiger partial charge in [-0.05, 0) is 31.9 Å². The second kappa shape index (κ2) is 10.5. The predicted octanol–water partition coefficient (Wildman–Crippen LogP) is 3.54. The fourth-order valence-corrected chi connectivity index (χ4v) is 5.04. The fourth-order valence-electron chi connectivity index (χ4n) is 5.04. The van der Waals surface area contributed by atoms with Gasteiger partial charge in [-0.3, -0.25) is 14.4 Å². The van der Waals surface area contributed by atoms with Crippen molar-refractivity contribution < 1.29 is 9.53 Å². The Bertz CT molecular complexity index is 1660. The Labute approximate surface area is 231 Å². The summed E-state index contributed by atoms with van der Waals surface area (Å²) >= 11 is 0. The molecule has 206 valence electrons. The van der Waals surface area contributed by atoms with Gasteiger partial charge in [0.15, 0.2) is 5.82 Å². The van der Waals surface area contributed by atoms with Crippen molar-refractivity contribution in [2.45, 2.75) is 26.4 Å². The van der Waals surface area contributed by atoms with Crippen LogP contribution in [0.3, 0.4) is 0 Å². The molecule has 12 nitrogen and oxygen atoms in total. The molecule has 0 aliphatic carbocycles. The van der Waals surface area contributed by atoms with E-state index in [0.717, 1.165) is 58.0 Å². The first-order chi connectivity index (χ1) is 19.3. The number of hydrogen-bond acceptors (Lipinski definition) is 8. The summed E-state index contributed by atoms with van der Waals surface area (Å²) in [6.45, 7) is 5.76. The number of anilines is 3. The molecular formula is C28H32N10O2. The molecule has 1 saturated heterocycles. The maximum atomic E-state index is 13.0. The van der Waals surface area contributed by atoms with Crippen LogP contribution in [0.2, 0.25) is 0 Å². The predicted molar refractivity (Wildman–Crippen MR) is 153 cm³/mol.